The molecule has 0 radical (unpaired) electrons. The number of guanidine groups is 1. The predicted molar refractivity (Wildman–Crippen MR) is 129 cm³/mol. The molecule has 0 spiro atoms. The monoisotopic (exact) mass is 418 g/mol. The second-order valence-corrected chi connectivity index (χ2v) is 8.45. The van der Waals surface area contributed by atoms with Crippen molar-refractivity contribution in [2.45, 2.75) is 32.4 Å². The van der Waals surface area contributed by atoms with Crippen LogP contribution < -0.4 is 15.5 Å². The molecule has 2 atom stereocenters. The van der Waals surface area contributed by atoms with Gasteiger partial charge < -0.3 is 20.3 Å². The maximum absolute atomic E-state index is 6.16. The minimum atomic E-state index is 0.146. The van der Waals surface area contributed by atoms with Crippen molar-refractivity contribution in [1.29, 1.82) is 0 Å². The van der Waals surface area contributed by atoms with E-state index < -0.39 is 0 Å². The van der Waals surface area contributed by atoms with Crippen LogP contribution in [0.25, 0.3) is 0 Å². The van der Waals surface area contributed by atoms with Crippen LogP contribution in [0.1, 0.15) is 35.6 Å². The van der Waals surface area contributed by atoms with Crippen LogP contribution in [0.3, 0.4) is 0 Å². The molecule has 2 aliphatic rings. The molecule has 0 aliphatic carbocycles. The van der Waals surface area contributed by atoms with Gasteiger partial charge in [0.1, 0.15) is 0 Å². The molecule has 5 heteroatoms. The summed E-state index contributed by atoms with van der Waals surface area (Å²) in [5.74, 6) is 1.27. The van der Waals surface area contributed by atoms with Crippen molar-refractivity contribution in [2.75, 3.05) is 38.2 Å². The molecule has 164 valence electrons. The summed E-state index contributed by atoms with van der Waals surface area (Å²) in [4.78, 5) is 6.77. The number of aliphatic imine (C=N–C) groups is 1. The van der Waals surface area contributed by atoms with Gasteiger partial charge in [0.05, 0.1) is 6.10 Å². The van der Waals surface area contributed by atoms with Crippen molar-refractivity contribution >= 4 is 11.6 Å². The molecule has 2 heterocycles. The first-order chi connectivity index (χ1) is 15.2. The van der Waals surface area contributed by atoms with Gasteiger partial charge in [-0.3, -0.25) is 4.99 Å². The van der Waals surface area contributed by atoms with Gasteiger partial charge in [0, 0.05) is 51.4 Å². The van der Waals surface area contributed by atoms with Gasteiger partial charge in [-0.1, -0.05) is 54.1 Å². The van der Waals surface area contributed by atoms with Crippen LogP contribution in [-0.2, 0) is 11.3 Å². The summed E-state index contributed by atoms with van der Waals surface area (Å²) >= 11 is 0. The van der Waals surface area contributed by atoms with E-state index in [1.165, 1.54) is 22.4 Å². The van der Waals surface area contributed by atoms with Crippen molar-refractivity contribution < 1.29 is 4.74 Å². The average molecular weight is 419 g/mol. The molecule has 0 aromatic heterocycles. The van der Waals surface area contributed by atoms with E-state index in [2.05, 4.69) is 88.1 Å². The molecular weight excluding hydrogens is 384 g/mol. The zero-order valence-electron chi connectivity index (χ0n) is 18.7. The van der Waals surface area contributed by atoms with Gasteiger partial charge in [-0.2, -0.15) is 0 Å². The largest absolute Gasteiger partial charge is 0.373 e. The van der Waals surface area contributed by atoms with Crippen LogP contribution in [0.15, 0.2) is 65.7 Å². The highest BCUT2D eigenvalue weighted by Crippen LogP contribution is 2.33. The molecule has 31 heavy (non-hydrogen) atoms. The fraction of sp³-hybridized carbons (Fsp3) is 0.423. The van der Waals surface area contributed by atoms with E-state index in [1.807, 2.05) is 7.05 Å². The Morgan fingerprint density at radius 1 is 1.03 bits per heavy atom. The average Bonchev–Trinajstić information content (AvgIpc) is 3.35. The Kier molecular flexibility index (Phi) is 7.26. The minimum absolute atomic E-state index is 0.146. The second kappa shape index (κ2) is 10.5. The minimum Gasteiger partial charge on any atom is -0.373 e. The Hall–Kier alpha value is -2.79. The standard InChI is InChI=1S/C26H34N4O/c1-20-7-11-22(12-8-20)25-23(6-5-17-31-25)19-29-26(27-2)28-18-21-9-13-24(14-10-21)30-15-3-4-16-30/h3-4,7-14,23,25H,5-6,15-19H2,1-2H3,(H2,27,28,29). The van der Waals surface area contributed by atoms with Crippen molar-refractivity contribution in [3.63, 3.8) is 0 Å². The lowest BCUT2D eigenvalue weighted by molar-refractivity contribution is -0.0265. The number of benzene rings is 2. The highest BCUT2D eigenvalue weighted by molar-refractivity contribution is 5.79. The zero-order valence-corrected chi connectivity index (χ0v) is 18.7. The quantitative estimate of drug-likeness (QED) is 0.419. The summed E-state index contributed by atoms with van der Waals surface area (Å²) in [7, 11) is 1.83. The van der Waals surface area contributed by atoms with Crippen LogP contribution >= 0.6 is 0 Å². The Morgan fingerprint density at radius 3 is 2.48 bits per heavy atom. The van der Waals surface area contributed by atoms with E-state index in [0.717, 1.165) is 51.6 Å². The van der Waals surface area contributed by atoms with Crippen LogP contribution in [0, 0.1) is 12.8 Å². The van der Waals surface area contributed by atoms with E-state index >= 15 is 0 Å². The van der Waals surface area contributed by atoms with Crippen LogP contribution in [-0.4, -0.2) is 39.2 Å². The van der Waals surface area contributed by atoms with Crippen LogP contribution in [0.5, 0.6) is 0 Å². The summed E-state index contributed by atoms with van der Waals surface area (Å²) in [6, 6.07) is 17.5. The van der Waals surface area contributed by atoms with Gasteiger partial charge in [-0.25, -0.2) is 0 Å². The van der Waals surface area contributed by atoms with Crippen LogP contribution in [0.2, 0.25) is 0 Å². The Labute approximate surface area is 186 Å². The fourth-order valence-corrected chi connectivity index (χ4v) is 4.32. The van der Waals surface area contributed by atoms with Crippen molar-refractivity contribution in [3.05, 3.63) is 77.4 Å². The summed E-state index contributed by atoms with van der Waals surface area (Å²) in [6.45, 7) is 6.56. The Bertz CT molecular complexity index is 881. The molecule has 2 aromatic carbocycles. The van der Waals surface area contributed by atoms with Gasteiger partial charge in [-0.15, -0.1) is 0 Å². The fourth-order valence-electron chi connectivity index (χ4n) is 4.32. The number of rotatable bonds is 6. The molecule has 2 unspecified atom stereocenters. The third-order valence-electron chi connectivity index (χ3n) is 6.19. The summed E-state index contributed by atoms with van der Waals surface area (Å²) in [6.07, 6.45) is 6.85. The van der Waals surface area contributed by atoms with Gasteiger partial charge in [-0.05, 0) is 43.0 Å². The molecule has 4 rings (SSSR count). The first-order valence-corrected chi connectivity index (χ1v) is 11.3. The number of aryl methyl sites for hydroxylation is 1. The molecule has 2 aliphatic heterocycles. The summed E-state index contributed by atoms with van der Waals surface area (Å²) in [5, 5.41) is 6.97. The van der Waals surface area contributed by atoms with E-state index in [0.29, 0.717) is 5.92 Å². The molecule has 2 aromatic rings. The van der Waals surface area contributed by atoms with Crippen molar-refractivity contribution in [3.8, 4) is 0 Å². The first kappa shape index (κ1) is 21.4. The third-order valence-corrected chi connectivity index (χ3v) is 6.19. The molecule has 1 saturated heterocycles. The second-order valence-electron chi connectivity index (χ2n) is 8.45. The van der Waals surface area contributed by atoms with E-state index in [4.69, 9.17) is 4.74 Å². The predicted octanol–water partition coefficient (Wildman–Crippen LogP) is 4.20. The zero-order chi connectivity index (χ0) is 21.5. The van der Waals surface area contributed by atoms with E-state index in [9.17, 15) is 0 Å². The normalized spacial score (nSPS) is 21.4. The highest BCUT2D eigenvalue weighted by atomic mass is 16.5. The number of hydrogen-bond acceptors (Lipinski definition) is 3. The number of ether oxygens (including phenoxy) is 1. The van der Waals surface area contributed by atoms with Crippen molar-refractivity contribution in [1.82, 2.24) is 10.6 Å². The summed E-state index contributed by atoms with van der Waals surface area (Å²) in [5.41, 5.74) is 5.07. The molecule has 2 N–H and O–H groups in total. The molecule has 0 bridgehead atoms. The number of anilines is 1. The SMILES string of the molecule is CN=C(NCc1ccc(N2CC=CC2)cc1)NCC1CCCOC1c1ccc(C)cc1. The number of nitrogens with zero attached hydrogens (tertiary/aromatic N) is 2. The highest BCUT2D eigenvalue weighted by Gasteiger charge is 2.27. The van der Waals surface area contributed by atoms with Gasteiger partial charge >= 0.3 is 0 Å². The van der Waals surface area contributed by atoms with E-state index in [-0.39, 0.29) is 6.10 Å². The van der Waals surface area contributed by atoms with Gasteiger partial charge in [0.2, 0.25) is 0 Å². The summed E-state index contributed by atoms with van der Waals surface area (Å²) < 4.78 is 6.16. The molecule has 1 fully saturated rings. The molecular formula is C26H34N4O. The van der Waals surface area contributed by atoms with Gasteiger partial charge in [0.25, 0.3) is 0 Å². The smallest absolute Gasteiger partial charge is 0.191 e. The maximum Gasteiger partial charge on any atom is 0.191 e. The van der Waals surface area contributed by atoms with Gasteiger partial charge in [0.15, 0.2) is 5.96 Å². The Morgan fingerprint density at radius 2 is 1.77 bits per heavy atom. The van der Waals surface area contributed by atoms with Crippen molar-refractivity contribution in [2.24, 2.45) is 10.9 Å². The Balaban J connectivity index is 1.29. The van der Waals surface area contributed by atoms with E-state index in [1.54, 1.807) is 0 Å². The third kappa shape index (κ3) is 5.67. The first-order valence-electron chi connectivity index (χ1n) is 11.3. The molecule has 0 amide bonds. The lowest BCUT2D eigenvalue weighted by Gasteiger charge is -2.32. The number of hydrogen-bond donors (Lipinski definition) is 2. The molecule has 0 saturated carbocycles. The maximum atomic E-state index is 6.16. The van der Waals surface area contributed by atoms with Crippen LogP contribution in [0.4, 0.5) is 5.69 Å². The molecule has 5 nitrogen and oxygen atoms in total. The topological polar surface area (TPSA) is 48.9 Å². The lowest BCUT2D eigenvalue weighted by Crippen LogP contribution is -2.41. The number of nitrogens with one attached hydrogen (secondary N) is 2. The lowest BCUT2D eigenvalue weighted by atomic mass is 9.89.